The quantitative estimate of drug-likeness (QED) is 0.747. The number of pyridine rings is 1. The number of fused-ring (bicyclic) bond motifs is 1. The number of nitrogens with one attached hydrogen (secondary N) is 1. The predicted molar refractivity (Wildman–Crippen MR) is 91.6 cm³/mol. The van der Waals surface area contributed by atoms with E-state index in [1.54, 1.807) is 22.7 Å². The normalized spacial score (nSPS) is 10.9. The summed E-state index contributed by atoms with van der Waals surface area (Å²) in [5, 5.41) is 2.31. The Kier molecular flexibility index (Phi) is 4.41. The van der Waals surface area contributed by atoms with Crippen LogP contribution in [0.1, 0.15) is 21.6 Å². The van der Waals surface area contributed by atoms with E-state index < -0.39 is 29.0 Å². The Bertz CT molecular complexity index is 1020. The Morgan fingerprint density at radius 2 is 1.88 bits per heavy atom. The molecule has 1 aromatic carbocycles. The third-order valence-corrected chi connectivity index (χ3v) is 3.99. The van der Waals surface area contributed by atoms with E-state index in [9.17, 15) is 18.4 Å². The molecular weight excluding hydrogens is 342 g/mol. The van der Waals surface area contributed by atoms with Gasteiger partial charge in [-0.1, -0.05) is 0 Å². The standard InChI is InChI=1S/C18H16F2N4O2/c1-9-3-4-24-13(8-14(21)25)17(23-15(24)5-9)16-11(19)6-10(7-12(16)20)18(26)22-2/h3-7H,8H2,1-2H3,(H2,21,25)(H,22,26). The fraction of sp³-hybridized carbons (Fsp3) is 0.167. The molecule has 0 fully saturated rings. The maximum absolute atomic E-state index is 14.6. The molecule has 0 aliphatic heterocycles. The van der Waals surface area contributed by atoms with Gasteiger partial charge in [-0.2, -0.15) is 0 Å². The summed E-state index contributed by atoms with van der Waals surface area (Å²) >= 11 is 0. The predicted octanol–water partition coefficient (Wildman–Crippen LogP) is 1.98. The number of primary amides is 1. The number of imidazole rings is 1. The molecular formula is C18H16F2N4O2. The molecule has 8 heteroatoms. The number of hydrogen-bond acceptors (Lipinski definition) is 3. The number of rotatable bonds is 4. The molecule has 0 bridgehead atoms. The minimum atomic E-state index is -0.950. The first-order valence-corrected chi connectivity index (χ1v) is 7.79. The van der Waals surface area contributed by atoms with Crippen molar-refractivity contribution < 1.29 is 18.4 Å². The molecule has 0 atom stereocenters. The largest absolute Gasteiger partial charge is 0.369 e. The molecule has 3 rings (SSSR count). The number of carbonyl (C=O) groups is 2. The lowest BCUT2D eigenvalue weighted by Gasteiger charge is -2.08. The summed E-state index contributed by atoms with van der Waals surface area (Å²) in [6.07, 6.45) is 1.42. The van der Waals surface area contributed by atoms with Gasteiger partial charge in [-0.25, -0.2) is 13.8 Å². The van der Waals surface area contributed by atoms with Gasteiger partial charge in [0.25, 0.3) is 5.91 Å². The lowest BCUT2D eigenvalue weighted by atomic mass is 10.0. The second-order valence-electron chi connectivity index (χ2n) is 5.88. The van der Waals surface area contributed by atoms with Crippen LogP contribution in [0, 0.1) is 18.6 Å². The van der Waals surface area contributed by atoms with E-state index in [0.717, 1.165) is 17.7 Å². The van der Waals surface area contributed by atoms with Crippen molar-refractivity contribution >= 4 is 17.5 Å². The van der Waals surface area contributed by atoms with E-state index in [1.165, 1.54) is 7.05 Å². The van der Waals surface area contributed by atoms with Crippen molar-refractivity contribution in [2.45, 2.75) is 13.3 Å². The maximum Gasteiger partial charge on any atom is 0.251 e. The number of benzene rings is 1. The van der Waals surface area contributed by atoms with Gasteiger partial charge in [-0.15, -0.1) is 0 Å². The van der Waals surface area contributed by atoms with Crippen LogP contribution < -0.4 is 11.1 Å². The molecule has 0 saturated heterocycles. The number of carbonyl (C=O) groups excluding carboxylic acids is 2. The number of aryl methyl sites for hydroxylation is 1. The molecule has 0 aliphatic carbocycles. The zero-order valence-corrected chi connectivity index (χ0v) is 14.1. The van der Waals surface area contributed by atoms with Crippen molar-refractivity contribution in [3.05, 3.63) is 58.9 Å². The average molecular weight is 358 g/mol. The van der Waals surface area contributed by atoms with Crippen molar-refractivity contribution in [2.24, 2.45) is 5.73 Å². The van der Waals surface area contributed by atoms with Gasteiger partial charge < -0.3 is 15.5 Å². The molecule has 0 saturated carbocycles. The van der Waals surface area contributed by atoms with Gasteiger partial charge in [-0.3, -0.25) is 9.59 Å². The summed E-state index contributed by atoms with van der Waals surface area (Å²) in [5.41, 5.74) is 6.32. The molecule has 0 radical (unpaired) electrons. The molecule has 26 heavy (non-hydrogen) atoms. The SMILES string of the molecule is CNC(=O)c1cc(F)c(-c2nc3cc(C)ccn3c2CC(N)=O)c(F)c1. The molecule has 0 spiro atoms. The molecule has 2 heterocycles. The summed E-state index contributed by atoms with van der Waals surface area (Å²) in [4.78, 5) is 27.4. The van der Waals surface area contributed by atoms with Crippen molar-refractivity contribution in [2.75, 3.05) is 7.05 Å². The highest BCUT2D eigenvalue weighted by atomic mass is 19.1. The van der Waals surface area contributed by atoms with Gasteiger partial charge in [0.2, 0.25) is 5.91 Å². The number of nitrogens with zero attached hydrogens (tertiary/aromatic N) is 2. The first kappa shape index (κ1) is 17.5. The summed E-state index contributed by atoms with van der Waals surface area (Å²) < 4.78 is 30.8. The van der Waals surface area contributed by atoms with E-state index >= 15 is 0 Å². The highest BCUT2D eigenvalue weighted by Gasteiger charge is 2.23. The van der Waals surface area contributed by atoms with Crippen LogP contribution in [0.3, 0.4) is 0 Å². The maximum atomic E-state index is 14.6. The van der Waals surface area contributed by atoms with Crippen LogP contribution in [0.4, 0.5) is 8.78 Å². The Hall–Kier alpha value is -3.29. The monoisotopic (exact) mass is 358 g/mol. The van der Waals surface area contributed by atoms with Crippen LogP contribution in [0.25, 0.3) is 16.9 Å². The second-order valence-corrected chi connectivity index (χ2v) is 5.88. The van der Waals surface area contributed by atoms with E-state index in [-0.39, 0.29) is 23.4 Å². The Morgan fingerprint density at radius 1 is 1.23 bits per heavy atom. The van der Waals surface area contributed by atoms with Gasteiger partial charge in [0.1, 0.15) is 17.3 Å². The number of aromatic nitrogens is 2. The molecule has 2 aromatic heterocycles. The molecule has 134 valence electrons. The lowest BCUT2D eigenvalue weighted by Crippen LogP contribution is -2.18. The zero-order chi connectivity index (χ0) is 19.0. The van der Waals surface area contributed by atoms with Crippen LogP contribution in [0.2, 0.25) is 0 Å². The Balaban J connectivity index is 2.28. The van der Waals surface area contributed by atoms with Crippen LogP contribution in [0.5, 0.6) is 0 Å². The van der Waals surface area contributed by atoms with E-state index in [2.05, 4.69) is 10.3 Å². The van der Waals surface area contributed by atoms with Crippen molar-refractivity contribution in [1.29, 1.82) is 0 Å². The van der Waals surface area contributed by atoms with Gasteiger partial charge in [0, 0.05) is 18.8 Å². The van der Waals surface area contributed by atoms with Gasteiger partial charge in [0.15, 0.2) is 0 Å². The third kappa shape index (κ3) is 3.01. The fourth-order valence-corrected chi connectivity index (χ4v) is 2.81. The molecule has 2 amide bonds. The highest BCUT2D eigenvalue weighted by molar-refractivity contribution is 5.94. The Labute approximate surface area is 147 Å². The smallest absolute Gasteiger partial charge is 0.251 e. The first-order chi connectivity index (χ1) is 12.3. The van der Waals surface area contributed by atoms with E-state index in [1.807, 2.05) is 6.92 Å². The van der Waals surface area contributed by atoms with Gasteiger partial charge in [0.05, 0.1) is 23.4 Å². The first-order valence-electron chi connectivity index (χ1n) is 7.79. The zero-order valence-electron chi connectivity index (χ0n) is 14.1. The van der Waals surface area contributed by atoms with Crippen LogP contribution in [0.15, 0.2) is 30.5 Å². The minimum Gasteiger partial charge on any atom is -0.369 e. The van der Waals surface area contributed by atoms with E-state index in [4.69, 9.17) is 5.73 Å². The molecule has 3 aromatic rings. The summed E-state index contributed by atoms with van der Waals surface area (Å²) in [6.45, 7) is 1.85. The van der Waals surface area contributed by atoms with E-state index in [0.29, 0.717) is 5.65 Å². The minimum absolute atomic E-state index is 0.0205. The number of nitrogens with two attached hydrogens (primary N) is 1. The van der Waals surface area contributed by atoms with Crippen molar-refractivity contribution in [1.82, 2.24) is 14.7 Å². The molecule has 6 nitrogen and oxygen atoms in total. The third-order valence-electron chi connectivity index (χ3n) is 3.99. The summed E-state index contributed by atoms with van der Waals surface area (Å²) in [7, 11) is 1.36. The van der Waals surface area contributed by atoms with Crippen molar-refractivity contribution in [3.8, 4) is 11.3 Å². The van der Waals surface area contributed by atoms with Crippen LogP contribution >= 0.6 is 0 Å². The summed E-state index contributed by atoms with van der Waals surface area (Å²) in [6, 6.07) is 5.37. The number of hydrogen-bond donors (Lipinski definition) is 2. The fourth-order valence-electron chi connectivity index (χ4n) is 2.81. The number of halogens is 2. The van der Waals surface area contributed by atoms with Crippen molar-refractivity contribution in [3.63, 3.8) is 0 Å². The second kappa shape index (κ2) is 6.55. The Morgan fingerprint density at radius 3 is 2.46 bits per heavy atom. The van der Waals surface area contributed by atoms with Gasteiger partial charge in [-0.05, 0) is 36.8 Å². The average Bonchev–Trinajstić information content (AvgIpc) is 2.90. The summed E-state index contributed by atoms with van der Waals surface area (Å²) in [5.74, 6) is -3.17. The molecule has 0 aliphatic rings. The van der Waals surface area contributed by atoms with Crippen LogP contribution in [-0.2, 0) is 11.2 Å². The van der Waals surface area contributed by atoms with Gasteiger partial charge >= 0.3 is 0 Å². The van der Waals surface area contributed by atoms with Crippen LogP contribution in [-0.4, -0.2) is 28.2 Å². The highest BCUT2D eigenvalue weighted by Crippen LogP contribution is 2.31. The molecule has 3 N–H and O–H groups in total. The number of amides is 2. The lowest BCUT2D eigenvalue weighted by molar-refractivity contribution is -0.117. The topological polar surface area (TPSA) is 89.5 Å². The molecule has 0 unspecified atom stereocenters.